The van der Waals surface area contributed by atoms with E-state index in [2.05, 4.69) is 5.32 Å². The maximum atomic E-state index is 12.9. The minimum absolute atomic E-state index is 0.0313. The van der Waals surface area contributed by atoms with Crippen LogP contribution in [-0.2, 0) is 4.74 Å². The van der Waals surface area contributed by atoms with Crippen LogP contribution in [0.1, 0.15) is 50.3 Å². The Morgan fingerprint density at radius 3 is 2.43 bits per heavy atom. The van der Waals surface area contributed by atoms with Crippen molar-refractivity contribution in [1.82, 2.24) is 20.0 Å². The van der Waals surface area contributed by atoms with Gasteiger partial charge in [0.2, 0.25) is 0 Å². The molecule has 2 heterocycles. The van der Waals surface area contributed by atoms with Crippen molar-refractivity contribution in [2.45, 2.75) is 25.3 Å². The third-order valence-electron chi connectivity index (χ3n) is 5.46. The highest BCUT2D eigenvalue weighted by Gasteiger charge is 2.36. The molecular formula is C21H28N4O5. The third-order valence-corrected chi connectivity index (χ3v) is 5.46. The first-order chi connectivity index (χ1) is 14.3. The highest BCUT2D eigenvalue weighted by atomic mass is 16.5. The molecule has 30 heavy (non-hydrogen) atoms. The molecule has 9 heteroatoms. The summed E-state index contributed by atoms with van der Waals surface area (Å²) in [7, 11) is 4.94. The van der Waals surface area contributed by atoms with Crippen LogP contribution >= 0.6 is 0 Å². The van der Waals surface area contributed by atoms with Crippen molar-refractivity contribution in [3.8, 4) is 0 Å². The van der Waals surface area contributed by atoms with E-state index in [1.807, 2.05) is 0 Å². The van der Waals surface area contributed by atoms with E-state index in [4.69, 9.17) is 4.74 Å². The second-order valence-electron chi connectivity index (χ2n) is 7.78. The lowest BCUT2D eigenvalue weighted by atomic mass is 10.0. The van der Waals surface area contributed by atoms with Crippen molar-refractivity contribution in [3.05, 3.63) is 34.9 Å². The molecule has 2 aliphatic rings. The quantitative estimate of drug-likeness (QED) is 0.555. The summed E-state index contributed by atoms with van der Waals surface area (Å²) >= 11 is 0. The molecule has 1 saturated heterocycles. The topological polar surface area (TPSA) is 99.3 Å². The highest BCUT2D eigenvalue weighted by Crippen LogP contribution is 2.25. The summed E-state index contributed by atoms with van der Waals surface area (Å²) in [6.07, 6.45) is 1.90. The molecule has 2 aliphatic heterocycles. The Bertz CT molecular complexity index is 846. The summed E-state index contributed by atoms with van der Waals surface area (Å²) in [5.41, 5.74) is 1.000. The lowest BCUT2D eigenvalue weighted by molar-refractivity contribution is 0.0637. The summed E-state index contributed by atoms with van der Waals surface area (Å²) in [5.74, 6) is -0.873. The van der Waals surface area contributed by atoms with Gasteiger partial charge in [0, 0.05) is 59.1 Å². The van der Waals surface area contributed by atoms with E-state index >= 15 is 0 Å². The fourth-order valence-electron chi connectivity index (χ4n) is 3.71. The second kappa shape index (κ2) is 9.25. The number of hydrogen-bond donors (Lipinski definition) is 1. The number of methoxy groups -OCH3 is 1. The molecule has 162 valence electrons. The molecule has 1 N–H and O–H groups in total. The zero-order valence-electron chi connectivity index (χ0n) is 17.6. The van der Waals surface area contributed by atoms with Crippen LogP contribution in [0, 0.1) is 0 Å². The number of benzene rings is 1. The van der Waals surface area contributed by atoms with Gasteiger partial charge in [0.05, 0.1) is 11.1 Å². The Kier molecular flexibility index (Phi) is 6.71. The largest absolute Gasteiger partial charge is 0.385 e. The molecule has 0 aliphatic carbocycles. The monoisotopic (exact) mass is 416 g/mol. The van der Waals surface area contributed by atoms with Gasteiger partial charge < -0.3 is 19.9 Å². The van der Waals surface area contributed by atoms with Gasteiger partial charge in [-0.1, -0.05) is 0 Å². The smallest absolute Gasteiger partial charge is 0.317 e. The van der Waals surface area contributed by atoms with Crippen molar-refractivity contribution in [2.75, 3.05) is 47.4 Å². The van der Waals surface area contributed by atoms with Gasteiger partial charge >= 0.3 is 6.03 Å². The number of hydrogen-bond acceptors (Lipinski definition) is 5. The summed E-state index contributed by atoms with van der Waals surface area (Å²) in [4.78, 5) is 54.3. The number of nitrogens with one attached hydrogen (secondary N) is 1. The van der Waals surface area contributed by atoms with Crippen LogP contribution in [0.3, 0.4) is 0 Å². The number of rotatable bonds is 6. The Labute approximate surface area is 175 Å². The molecule has 0 radical (unpaired) electrons. The van der Waals surface area contributed by atoms with E-state index in [0.29, 0.717) is 50.1 Å². The minimum Gasteiger partial charge on any atom is -0.385 e. The molecule has 0 spiro atoms. The average molecular weight is 416 g/mol. The van der Waals surface area contributed by atoms with Crippen LogP contribution < -0.4 is 5.32 Å². The van der Waals surface area contributed by atoms with Gasteiger partial charge in [-0.2, -0.15) is 0 Å². The second-order valence-corrected chi connectivity index (χ2v) is 7.78. The Morgan fingerprint density at radius 2 is 1.80 bits per heavy atom. The zero-order valence-corrected chi connectivity index (χ0v) is 17.6. The van der Waals surface area contributed by atoms with Crippen molar-refractivity contribution in [2.24, 2.45) is 0 Å². The maximum absolute atomic E-state index is 12.9. The van der Waals surface area contributed by atoms with Gasteiger partial charge in [-0.15, -0.1) is 0 Å². The SMILES string of the molecule is COCCCN1C(=O)c2ccc(C(=O)N3CCC(NC(=O)N(C)C)CC3)cc2C1=O. The third kappa shape index (κ3) is 4.46. The van der Waals surface area contributed by atoms with Gasteiger partial charge in [-0.05, 0) is 37.5 Å². The van der Waals surface area contributed by atoms with Crippen molar-refractivity contribution in [3.63, 3.8) is 0 Å². The molecule has 9 nitrogen and oxygen atoms in total. The molecule has 0 atom stereocenters. The van der Waals surface area contributed by atoms with Crippen molar-refractivity contribution < 1.29 is 23.9 Å². The summed E-state index contributed by atoms with van der Waals surface area (Å²) in [5, 5.41) is 2.94. The number of likely N-dealkylation sites (tertiary alicyclic amines) is 1. The Hall–Kier alpha value is -2.94. The molecule has 0 saturated carbocycles. The van der Waals surface area contributed by atoms with Gasteiger partial charge in [-0.25, -0.2) is 4.79 Å². The van der Waals surface area contributed by atoms with Crippen LogP contribution in [0.25, 0.3) is 0 Å². The first-order valence-electron chi connectivity index (χ1n) is 10.1. The van der Waals surface area contributed by atoms with E-state index in [1.165, 1.54) is 15.9 Å². The predicted octanol–water partition coefficient (Wildman–Crippen LogP) is 1.19. The number of nitrogens with zero attached hydrogens (tertiary/aromatic N) is 3. The van der Waals surface area contributed by atoms with Crippen LogP contribution in [0.15, 0.2) is 18.2 Å². The molecule has 0 aromatic heterocycles. The zero-order chi connectivity index (χ0) is 21.8. The summed E-state index contributed by atoms with van der Waals surface area (Å²) in [6.45, 7) is 1.78. The number of ether oxygens (including phenoxy) is 1. The predicted molar refractivity (Wildman–Crippen MR) is 109 cm³/mol. The lowest BCUT2D eigenvalue weighted by Crippen LogP contribution is -2.48. The fraction of sp³-hybridized carbons (Fsp3) is 0.524. The average Bonchev–Trinajstić information content (AvgIpc) is 2.98. The van der Waals surface area contributed by atoms with Crippen LogP contribution in [-0.4, -0.2) is 91.9 Å². The highest BCUT2D eigenvalue weighted by molar-refractivity contribution is 6.22. The number of carbonyl (C=O) groups excluding carboxylic acids is 4. The first-order valence-corrected chi connectivity index (χ1v) is 10.1. The van der Waals surface area contributed by atoms with Crippen LogP contribution in [0.2, 0.25) is 0 Å². The molecule has 1 fully saturated rings. The summed E-state index contributed by atoms with van der Waals surface area (Å²) < 4.78 is 4.98. The lowest BCUT2D eigenvalue weighted by Gasteiger charge is -2.33. The number of urea groups is 1. The van der Waals surface area contributed by atoms with Gasteiger partial charge in [0.1, 0.15) is 0 Å². The normalized spacial score (nSPS) is 16.6. The number of piperidine rings is 1. The first kappa shape index (κ1) is 21.8. The van der Waals surface area contributed by atoms with E-state index < -0.39 is 0 Å². The van der Waals surface area contributed by atoms with Gasteiger partial charge in [0.15, 0.2) is 0 Å². The number of amides is 5. The molecule has 1 aromatic rings. The maximum Gasteiger partial charge on any atom is 0.317 e. The van der Waals surface area contributed by atoms with E-state index in [9.17, 15) is 19.2 Å². The van der Waals surface area contributed by atoms with E-state index in [1.54, 1.807) is 38.2 Å². The molecule has 3 rings (SSSR count). The number of fused-ring (bicyclic) bond motifs is 1. The van der Waals surface area contributed by atoms with E-state index in [0.717, 1.165) is 0 Å². The molecule has 1 aromatic carbocycles. The molecular weight excluding hydrogens is 388 g/mol. The van der Waals surface area contributed by atoms with Crippen molar-refractivity contribution >= 4 is 23.8 Å². The van der Waals surface area contributed by atoms with Crippen molar-refractivity contribution in [1.29, 1.82) is 0 Å². The number of carbonyl (C=O) groups is 4. The molecule has 5 amide bonds. The Morgan fingerprint density at radius 1 is 1.13 bits per heavy atom. The van der Waals surface area contributed by atoms with Crippen LogP contribution in [0.5, 0.6) is 0 Å². The van der Waals surface area contributed by atoms with Crippen LogP contribution in [0.4, 0.5) is 4.79 Å². The Balaban J connectivity index is 1.64. The standard InChI is InChI=1S/C21H28N4O5/c1-23(2)21(29)22-15-7-10-24(11-8-15)18(26)14-5-6-16-17(13-14)20(28)25(19(16)27)9-4-12-30-3/h5-6,13,15H,4,7-12H2,1-3H3,(H,22,29). The fourth-order valence-corrected chi connectivity index (χ4v) is 3.71. The molecule has 0 unspecified atom stereocenters. The van der Waals surface area contributed by atoms with Gasteiger partial charge in [-0.3, -0.25) is 19.3 Å². The number of imide groups is 1. The summed E-state index contributed by atoms with van der Waals surface area (Å²) in [6, 6.07) is 4.57. The van der Waals surface area contributed by atoms with Gasteiger partial charge in [0.25, 0.3) is 17.7 Å². The molecule has 0 bridgehead atoms. The minimum atomic E-state index is -0.370. The van der Waals surface area contributed by atoms with E-state index in [-0.39, 0.29) is 41.9 Å².